The van der Waals surface area contributed by atoms with Crippen LogP contribution >= 0.6 is 11.6 Å². The summed E-state index contributed by atoms with van der Waals surface area (Å²) < 4.78 is 5.35. The van der Waals surface area contributed by atoms with Gasteiger partial charge in [-0.2, -0.15) is 0 Å². The minimum absolute atomic E-state index is 0.167. The molecule has 0 saturated carbocycles. The van der Waals surface area contributed by atoms with Gasteiger partial charge in [-0.05, 0) is 59.1 Å². The molecule has 3 rings (SSSR count). The van der Waals surface area contributed by atoms with Crippen molar-refractivity contribution in [2.75, 3.05) is 19.6 Å². The van der Waals surface area contributed by atoms with Crippen LogP contribution in [0.4, 0.5) is 4.79 Å². The van der Waals surface area contributed by atoms with Gasteiger partial charge in [0.2, 0.25) is 0 Å². The molecule has 0 unspecified atom stereocenters. The van der Waals surface area contributed by atoms with Gasteiger partial charge in [-0.1, -0.05) is 11.6 Å². The Balaban J connectivity index is 1.54. The van der Waals surface area contributed by atoms with E-state index in [1.807, 2.05) is 39.8 Å². The molecule has 0 aromatic carbocycles. The highest BCUT2D eigenvalue weighted by atomic mass is 35.5. The summed E-state index contributed by atoms with van der Waals surface area (Å²) >= 11 is 6.42. The summed E-state index contributed by atoms with van der Waals surface area (Å²) in [4.78, 5) is 23.4. The van der Waals surface area contributed by atoms with Crippen molar-refractivity contribution in [3.05, 3.63) is 34.6 Å². The Hall–Kier alpha value is -1.92. The topological polar surface area (TPSA) is 67.4 Å². The lowest BCUT2D eigenvalue weighted by Gasteiger charge is -2.32. The molecule has 1 saturated heterocycles. The van der Waals surface area contributed by atoms with E-state index in [0.29, 0.717) is 5.02 Å². The Morgan fingerprint density at radius 2 is 2.04 bits per heavy atom. The third kappa shape index (κ3) is 5.55. The van der Waals surface area contributed by atoms with Crippen molar-refractivity contribution in [2.45, 2.75) is 58.6 Å². The second-order valence-corrected chi connectivity index (χ2v) is 8.82. The first-order valence-electron chi connectivity index (χ1n) is 9.84. The lowest BCUT2D eigenvalue weighted by atomic mass is 10.0. The molecule has 0 atom stereocenters. The average molecular weight is 405 g/mol. The second kappa shape index (κ2) is 8.62. The fourth-order valence-electron chi connectivity index (χ4n) is 3.48. The highest BCUT2D eigenvalue weighted by Gasteiger charge is 2.23. The molecule has 7 heteroatoms. The maximum atomic E-state index is 11.9. The molecule has 0 spiro atoms. The number of hydrogen-bond donors (Lipinski definition) is 1. The molecule has 3 heterocycles. The van der Waals surface area contributed by atoms with Crippen LogP contribution in [0.1, 0.15) is 44.9 Å². The highest BCUT2D eigenvalue weighted by molar-refractivity contribution is 6.32. The van der Waals surface area contributed by atoms with Crippen LogP contribution in [0.3, 0.4) is 0 Å². The number of carbonyl (C=O) groups is 1. The molecule has 0 radical (unpaired) electrons. The molecule has 152 valence electrons. The number of aryl methyl sites for hydroxylation is 1. The van der Waals surface area contributed by atoms with E-state index in [4.69, 9.17) is 16.3 Å². The number of ether oxygens (including phenoxy) is 1. The van der Waals surface area contributed by atoms with Crippen molar-refractivity contribution in [3.8, 4) is 0 Å². The number of hydrogen-bond acceptors (Lipinski definition) is 5. The zero-order valence-electron chi connectivity index (χ0n) is 17.1. The largest absolute Gasteiger partial charge is 0.444 e. The van der Waals surface area contributed by atoms with Crippen LogP contribution in [0.15, 0.2) is 18.3 Å². The predicted octanol–water partition coefficient (Wildman–Crippen LogP) is 4.12. The lowest BCUT2D eigenvalue weighted by Crippen LogP contribution is -2.46. The van der Waals surface area contributed by atoms with Crippen LogP contribution in [-0.4, -0.2) is 52.2 Å². The Bertz CT molecular complexity index is 837. The Kier molecular flexibility index (Phi) is 6.40. The molecule has 2 aromatic heterocycles. The van der Waals surface area contributed by atoms with E-state index >= 15 is 0 Å². The van der Waals surface area contributed by atoms with Crippen molar-refractivity contribution in [1.29, 1.82) is 0 Å². The van der Waals surface area contributed by atoms with Crippen molar-refractivity contribution >= 4 is 28.7 Å². The van der Waals surface area contributed by atoms with Crippen LogP contribution in [0.5, 0.6) is 0 Å². The van der Waals surface area contributed by atoms with Crippen molar-refractivity contribution in [2.24, 2.45) is 0 Å². The molecule has 28 heavy (non-hydrogen) atoms. The molecular weight excluding hydrogens is 376 g/mol. The quantitative estimate of drug-likeness (QED) is 0.830. The number of pyridine rings is 2. The molecule has 0 aliphatic carbocycles. The smallest absolute Gasteiger partial charge is 0.407 e. The standard InChI is InChI=1S/C21H29ClN4O2/c1-14-5-6-18-19(24-14)16(17(22)13-23-18)9-12-26-10-7-15(8-11-26)25-20(27)28-21(2,3)4/h5-6,13,15H,7-12H2,1-4H3,(H,25,27). The number of fused-ring (bicyclic) bond motifs is 1. The van der Waals surface area contributed by atoms with Crippen LogP contribution < -0.4 is 5.32 Å². The summed E-state index contributed by atoms with van der Waals surface area (Å²) in [5.74, 6) is 0. The van der Waals surface area contributed by atoms with Crippen LogP contribution in [-0.2, 0) is 11.2 Å². The summed E-state index contributed by atoms with van der Waals surface area (Å²) in [7, 11) is 0. The van der Waals surface area contributed by atoms with Gasteiger partial charge in [0.25, 0.3) is 0 Å². The van der Waals surface area contributed by atoms with E-state index in [9.17, 15) is 4.79 Å². The van der Waals surface area contributed by atoms with Gasteiger partial charge >= 0.3 is 6.09 Å². The normalized spacial score (nSPS) is 16.3. The number of aromatic nitrogens is 2. The molecule has 1 aliphatic rings. The number of carbonyl (C=O) groups excluding carboxylic acids is 1. The summed E-state index contributed by atoms with van der Waals surface area (Å²) in [6, 6.07) is 4.13. The predicted molar refractivity (Wildman–Crippen MR) is 112 cm³/mol. The minimum atomic E-state index is -0.468. The Labute approximate surface area is 171 Å². The van der Waals surface area contributed by atoms with E-state index < -0.39 is 5.60 Å². The fraction of sp³-hybridized carbons (Fsp3) is 0.571. The molecule has 1 amide bonds. The van der Waals surface area contributed by atoms with Gasteiger partial charge < -0.3 is 15.0 Å². The monoisotopic (exact) mass is 404 g/mol. The molecule has 6 nitrogen and oxygen atoms in total. The Morgan fingerprint density at radius 3 is 2.71 bits per heavy atom. The molecule has 1 N–H and O–H groups in total. The first kappa shape index (κ1) is 20.8. The van der Waals surface area contributed by atoms with E-state index in [1.165, 1.54) is 0 Å². The SMILES string of the molecule is Cc1ccc2ncc(Cl)c(CCN3CCC(NC(=O)OC(C)(C)C)CC3)c2n1. The number of rotatable bonds is 4. The summed E-state index contributed by atoms with van der Waals surface area (Å²) in [6.45, 7) is 10.4. The van der Waals surface area contributed by atoms with E-state index in [1.54, 1.807) is 6.20 Å². The molecular formula is C21H29ClN4O2. The molecule has 1 aliphatic heterocycles. The maximum absolute atomic E-state index is 11.9. The van der Waals surface area contributed by atoms with Gasteiger partial charge in [0.15, 0.2) is 0 Å². The molecule has 0 bridgehead atoms. The summed E-state index contributed by atoms with van der Waals surface area (Å²) in [6.07, 6.45) is 4.05. The van der Waals surface area contributed by atoms with Gasteiger partial charge in [0.05, 0.1) is 16.1 Å². The number of nitrogens with one attached hydrogen (secondary N) is 1. The van der Waals surface area contributed by atoms with E-state index in [0.717, 1.165) is 61.2 Å². The minimum Gasteiger partial charge on any atom is -0.444 e. The van der Waals surface area contributed by atoms with Gasteiger partial charge in [0.1, 0.15) is 5.60 Å². The van der Waals surface area contributed by atoms with E-state index in [2.05, 4.69) is 20.2 Å². The number of nitrogens with zero attached hydrogens (tertiary/aromatic N) is 3. The van der Waals surface area contributed by atoms with Gasteiger partial charge in [-0.15, -0.1) is 0 Å². The summed E-state index contributed by atoms with van der Waals surface area (Å²) in [5, 5.41) is 3.66. The number of likely N-dealkylation sites (tertiary alicyclic amines) is 1. The van der Waals surface area contributed by atoms with Gasteiger partial charge in [0, 0.05) is 43.1 Å². The van der Waals surface area contributed by atoms with Crippen LogP contribution in [0.2, 0.25) is 5.02 Å². The van der Waals surface area contributed by atoms with Gasteiger partial charge in [-0.3, -0.25) is 9.97 Å². The third-order valence-corrected chi connectivity index (χ3v) is 5.22. The zero-order valence-corrected chi connectivity index (χ0v) is 17.8. The Morgan fingerprint density at radius 1 is 1.32 bits per heavy atom. The maximum Gasteiger partial charge on any atom is 0.407 e. The average Bonchev–Trinajstić information content (AvgIpc) is 2.60. The second-order valence-electron chi connectivity index (χ2n) is 8.42. The molecule has 1 fully saturated rings. The number of amides is 1. The van der Waals surface area contributed by atoms with Gasteiger partial charge in [-0.25, -0.2) is 4.79 Å². The zero-order chi connectivity index (χ0) is 20.3. The number of piperidine rings is 1. The highest BCUT2D eigenvalue weighted by Crippen LogP contribution is 2.24. The van der Waals surface area contributed by atoms with Crippen molar-refractivity contribution < 1.29 is 9.53 Å². The van der Waals surface area contributed by atoms with Crippen LogP contribution in [0.25, 0.3) is 11.0 Å². The van der Waals surface area contributed by atoms with Crippen molar-refractivity contribution in [1.82, 2.24) is 20.2 Å². The third-order valence-electron chi connectivity index (χ3n) is 4.89. The molecule has 2 aromatic rings. The first-order chi connectivity index (χ1) is 13.2. The number of halogens is 1. The number of alkyl carbamates (subject to hydrolysis) is 1. The van der Waals surface area contributed by atoms with E-state index in [-0.39, 0.29) is 12.1 Å². The van der Waals surface area contributed by atoms with Crippen LogP contribution in [0, 0.1) is 6.92 Å². The summed E-state index contributed by atoms with van der Waals surface area (Å²) in [5.41, 5.74) is 3.33. The van der Waals surface area contributed by atoms with Crippen molar-refractivity contribution in [3.63, 3.8) is 0 Å². The fourth-order valence-corrected chi connectivity index (χ4v) is 3.71. The lowest BCUT2D eigenvalue weighted by molar-refractivity contribution is 0.0479. The first-order valence-corrected chi connectivity index (χ1v) is 10.2.